The zero-order chi connectivity index (χ0) is 11.5. The Hall–Kier alpha value is -0.980. The lowest BCUT2D eigenvalue weighted by molar-refractivity contribution is 0.00973. The van der Waals surface area contributed by atoms with Gasteiger partial charge in [0.2, 0.25) is 5.82 Å². The molecule has 1 heterocycles. The monoisotopic (exact) mass is 215 g/mol. The fraction of sp³-hybridized carbons (Fsp3) is 0.778. The molecule has 0 aliphatic rings. The minimum Gasteiger partial charge on any atom is -0.383 e. The van der Waals surface area contributed by atoms with Gasteiger partial charge in [-0.2, -0.15) is 4.98 Å². The highest BCUT2D eigenvalue weighted by Crippen LogP contribution is 2.22. The van der Waals surface area contributed by atoms with Crippen LogP contribution in [0.1, 0.15) is 38.1 Å². The molecule has 0 unspecified atom stereocenters. The molecule has 0 saturated carbocycles. The predicted molar refractivity (Wildman–Crippen MR) is 53.0 cm³/mol. The Morgan fingerprint density at radius 1 is 1.60 bits per heavy atom. The van der Waals surface area contributed by atoms with Crippen LogP contribution in [0.3, 0.4) is 0 Å². The van der Waals surface area contributed by atoms with E-state index in [9.17, 15) is 5.11 Å². The van der Waals surface area contributed by atoms with Gasteiger partial charge in [0.25, 0.3) is 5.89 Å². The van der Waals surface area contributed by atoms with Gasteiger partial charge in [-0.25, -0.2) is 0 Å². The molecule has 15 heavy (non-hydrogen) atoms. The molecule has 6 nitrogen and oxygen atoms in total. The third-order valence-electron chi connectivity index (χ3n) is 2.22. The van der Waals surface area contributed by atoms with Gasteiger partial charge in [-0.05, 0) is 26.8 Å². The summed E-state index contributed by atoms with van der Waals surface area (Å²) in [7, 11) is 1.56. The number of aliphatic hydroxyl groups excluding tert-OH is 1. The quantitative estimate of drug-likeness (QED) is 0.735. The van der Waals surface area contributed by atoms with Crippen molar-refractivity contribution in [2.75, 3.05) is 13.7 Å². The summed E-state index contributed by atoms with van der Waals surface area (Å²) in [5, 5.41) is 13.3. The second kappa shape index (κ2) is 4.69. The van der Waals surface area contributed by atoms with Gasteiger partial charge in [-0.1, -0.05) is 5.16 Å². The number of aromatic nitrogens is 2. The molecule has 0 amide bonds. The Morgan fingerprint density at radius 2 is 2.27 bits per heavy atom. The van der Waals surface area contributed by atoms with Crippen molar-refractivity contribution in [2.24, 2.45) is 5.73 Å². The summed E-state index contributed by atoms with van der Waals surface area (Å²) in [5.41, 5.74) is 4.69. The van der Waals surface area contributed by atoms with Gasteiger partial charge >= 0.3 is 0 Å². The van der Waals surface area contributed by atoms with Crippen LogP contribution in [0.2, 0.25) is 0 Å². The average Bonchev–Trinajstić information content (AvgIpc) is 2.67. The lowest BCUT2D eigenvalue weighted by Crippen LogP contribution is -2.21. The summed E-state index contributed by atoms with van der Waals surface area (Å²) in [6.07, 6.45) is -0.404. The van der Waals surface area contributed by atoms with Crippen molar-refractivity contribution in [3.05, 3.63) is 11.7 Å². The molecule has 0 aliphatic carbocycles. The summed E-state index contributed by atoms with van der Waals surface area (Å²) in [6.45, 7) is 4.00. The predicted octanol–water partition coefficient (Wildman–Crippen LogP) is 0.333. The van der Waals surface area contributed by atoms with E-state index < -0.39 is 11.7 Å². The van der Waals surface area contributed by atoms with Crippen molar-refractivity contribution < 1.29 is 14.4 Å². The van der Waals surface area contributed by atoms with E-state index in [4.69, 9.17) is 15.0 Å². The van der Waals surface area contributed by atoms with Gasteiger partial charge in [-0.15, -0.1) is 0 Å². The number of hydrogen-bond donors (Lipinski definition) is 2. The molecule has 1 rings (SSSR count). The first-order valence-electron chi connectivity index (χ1n) is 4.78. The summed E-state index contributed by atoms with van der Waals surface area (Å²) in [5.74, 6) is 0.594. The van der Waals surface area contributed by atoms with E-state index in [2.05, 4.69) is 10.1 Å². The second-order valence-corrected chi connectivity index (χ2v) is 3.76. The number of methoxy groups -OCH3 is 1. The molecule has 0 bridgehead atoms. The van der Waals surface area contributed by atoms with Gasteiger partial charge in [0.05, 0.1) is 0 Å². The maximum absolute atomic E-state index is 9.56. The van der Waals surface area contributed by atoms with E-state index in [1.165, 1.54) is 0 Å². The summed E-state index contributed by atoms with van der Waals surface area (Å²) >= 11 is 0. The van der Waals surface area contributed by atoms with Gasteiger partial charge in [-0.3, -0.25) is 0 Å². The zero-order valence-corrected chi connectivity index (χ0v) is 9.23. The smallest absolute Gasteiger partial charge is 0.255 e. The summed E-state index contributed by atoms with van der Waals surface area (Å²) in [6, 6.07) is 0. The van der Waals surface area contributed by atoms with Crippen LogP contribution in [-0.2, 0) is 10.3 Å². The number of rotatable bonds is 5. The molecule has 86 valence electrons. The van der Waals surface area contributed by atoms with E-state index in [0.717, 1.165) is 0 Å². The minimum atomic E-state index is -0.802. The SMILES string of the molecule is COC(C)(C)c1noc([C@@H](O)CCN)n1. The molecule has 0 spiro atoms. The highest BCUT2D eigenvalue weighted by molar-refractivity contribution is 4.98. The average molecular weight is 215 g/mol. The van der Waals surface area contributed by atoms with E-state index in [1.807, 2.05) is 13.8 Å². The Labute approximate surface area is 88.4 Å². The third-order valence-corrected chi connectivity index (χ3v) is 2.22. The molecule has 0 saturated heterocycles. The van der Waals surface area contributed by atoms with E-state index in [0.29, 0.717) is 18.8 Å². The van der Waals surface area contributed by atoms with Crippen LogP contribution < -0.4 is 5.73 Å². The fourth-order valence-electron chi connectivity index (χ4n) is 0.988. The molecule has 0 radical (unpaired) electrons. The first-order valence-corrected chi connectivity index (χ1v) is 4.78. The molecular weight excluding hydrogens is 198 g/mol. The highest BCUT2D eigenvalue weighted by Gasteiger charge is 2.27. The van der Waals surface area contributed by atoms with Crippen molar-refractivity contribution >= 4 is 0 Å². The van der Waals surface area contributed by atoms with Crippen molar-refractivity contribution in [3.8, 4) is 0 Å². The van der Waals surface area contributed by atoms with E-state index in [1.54, 1.807) is 7.11 Å². The number of nitrogens with two attached hydrogens (primary N) is 1. The van der Waals surface area contributed by atoms with Crippen molar-refractivity contribution in [1.29, 1.82) is 0 Å². The largest absolute Gasteiger partial charge is 0.383 e. The first kappa shape index (κ1) is 12.1. The number of nitrogens with zero attached hydrogens (tertiary/aromatic N) is 2. The van der Waals surface area contributed by atoms with Crippen LogP contribution in [0.4, 0.5) is 0 Å². The van der Waals surface area contributed by atoms with Crippen LogP contribution in [0.5, 0.6) is 0 Å². The van der Waals surface area contributed by atoms with Crippen LogP contribution >= 0.6 is 0 Å². The summed E-state index contributed by atoms with van der Waals surface area (Å²) < 4.78 is 10.1. The summed E-state index contributed by atoms with van der Waals surface area (Å²) in [4.78, 5) is 4.06. The Kier molecular flexibility index (Phi) is 3.78. The van der Waals surface area contributed by atoms with Gasteiger partial charge in [0, 0.05) is 7.11 Å². The fourth-order valence-corrected chi connectivity index (χ4v) is 0.988. The number of hydrogen-bond acceptors (Lipinski definition) is 6. The Bertz CT molecular complexity index is 311. The maximum Gasteiger partial charge on any atom is 0.255 e. The molecule has 6 heteroatoms. The van der Waals surface area contributed by atoms with Crippen LogP contribution in [0.25, 0.3) is 0 Å². The highest BCUT2D eigenvalue weighted by atomic mass is 16.5. The van der Waals surface area contributed by atoms with Crippen LogP contribution in [0.15, 0.2) is 4.52 Å². The molecule has 1 atom stereocenters. The second-order valence-electron chi connectivity index (χ2n) is 3.76. The lowest BCUT2D eigenvalue weighted by atomic mass is 10.1. The van der Waals surface area contributed by atoms with Crippen LogP contribution in [0, 0.1) is 0 Å². The van der Waals surface area contributed by atoms with Gasteiger partial charge < -0.3 is 20.1 Å². The molecule has 0 fully saturated rings. The molecular formula is C9H17N3O3. The van der Waals surface area contributed by atoms with Crippen molar-refractivity contribution in [1.82, 2.24) is 10.1 Å². The normalized spacial score (nSPS) is 14.2. The first-order chi connectivity index (χ1) is 7.01. The van der Waals surface area contributed by atoms with E-state index in [-0.39, 0.29) is 5.89 Å². The van der Waals surface area contributed by atoms with Crippen molar-refractivity contribution in [2.45, 2.75) is 32.0 Å². The van der Waals surface area contributed by atoms with Crippen LogP contribution in [-0.4, -0.2) is 28.9 Å². The number of ether oxygens (including phenoxy) is 1. The molecule has 0 aliphatic heterocycles. The topological polar surface area (TPSA) is 94.4 Å². The molecule has 3 N–H and O–H groups in total. The Balaban J connectivity index is 2.80. The lowest BCUT2D eigenvalue weighted by Gasteiger charge is -2.17. The zero-order valence-electron chi connectivity index (χ0n) is 9.23. The standard InChI is InChI=1S/C9H17N3O3/c1-9(2,14-3)8-11-7(15-12-8)6(13)4-5-10/h6,13H,4-5,10H2,1-3H3/t6-/m0/s1. The molecule has 1 aromatic heterocycles. The molecule has 0 aromatic carbocycles. The minimum absolute atomic E-state index is 0.181. The van der Waals surface area contributed by atoms with Gasteiger partial charge in [0.15, 0.2) is 0 Å². The maximum atomic E-state index is 9.56. The van der Waals surface area contributed by atoms with E-state index >= 15 is 0 Å². The van der Waals surface area contributed by atoms with Gasteiger partial charge in [0.1, 0.15) is 11.7 Å². The Morgan fingerprint density at radius 3 is 2.80 bits per heavy atom. The van der Waals surface area contributed by atoms with Crippen molar-refractivity contribution in [3.63, 3.8) is 0 Å². The molecule has 1 aromatic rings. The number of aliphatic hydroxyl groups is 1. The third kappa shape index (κ3) is 2.74.